The first-order valence-electron chi connectivity index (χ1n) is 10.5. The molecule has 0 aromatic heterocycles. The minimum atomic E-state index is -3.88. The summed E-state index contributed by atoms with van der Waals surface area (Å²) in [5.41, 5.74) is 0.136. The number of imide groups is 1. The summed E-state index contributed by atoms with van der Waals surface area (Å²) < 4.78 is 28.0. The maximum atomic E-state index is 13.3. The van der Waals surface area contributed by atoms with E-state index in [-0.39, 0.29) is 28.4 Å². The van der Waals surface area contributed by atoms with Crippen molar-refractivity contribution in [2.24, 2.45) is 16.7 Å². The van der Waals surface area contributed by atoms with Gasteiger partial charge in [0, 0.05) is 17.2 Å². The van der Waals surface area contributed by atoms with E-state index in [1.165, 1.54) is 48.2 Å². The van der Waals surface area contributed by atoms with Gasteiger partial charge in [0.15, 0.2) is 5.78 Å². The number of Topliss-reactive ketones (excluding diaryl/α,β-unsaturated/α-hetero) is 1. The number of hydrogen-bond acceptors (Lipinski definition) is 5. The van der Waals surface area contributed by atoms with E-state index < -0.39 is 20.9 Å². The Bertz CT molecular complexity index is 1220. The highest BCUT2D eigenvalue weighted by molar-refractivity contribution is 7.92. The zero-order chi connectivity index (χ0) is 23.5. The van der Waals surface area contributed by atoms with Crippen LogP contribution in [0.5, 0.6) is 0 Å². The number of amides is 2. The quantitative estimate of drug-likeness (QED) is 0.544. The molecule has 2 aromatic carbocycles. The molecule has 7 nitrogen and oxygen atoms in total. The van der Waals surface area contributed by atoms with Crippen molar-refractivity contribution in [3.05, 3.63) is 54.1 Å². The van der Waals surface area contributed by atoms with Gasteiger partial charge in [0.25, 0.3) is 10.0 Å². The van der Waals surface area contributed by atoms with Crippen LogP contribution in [0.15, 0.2) is 53.4 Å². The summed E-state index contributed by atoms with van der Waals surface area (Å²) in [6.45, 7) is 7.30. The smallest absolute Gasteiger partial charge is 0.261 e. The number of ketones is 1. The number of hydrogen-bond donors (Lipinski definition) is 1. The zero-order valence-electron chi connectivity index (χ0n) is 18.5. The third-order valence-corrected chi connectivity index (χ3v) is 8.77. The van der Waals surface area contributed by atoms with E-state index in [0.717, 1.165) is 0 Å². The summed E-state index contributed by atoms with van der Waals surface area (Å²) >= 11 is 0. The molecule has 2 atom stereocenters. The molecule has 2 fully saturated rings. The average Bonchev–Trinajstić information content (AvgIpc) is 2.91. The van der Waals surface area contributed by atoms with Gasteiger partial charge in [-0.15, -0.1) is 0 Å². The Morgan fingerprint density at radius 1 is 1.00 bits per heavy atom. The molecular formula is C24H26N2O5S. The molecule has 2 aromatic rings. The Morgan fingerprint density at radius 3 is 2.16 bits per heavy atom. The lowest BCUT2D eigenvalue weighted by Gasteiger charge is -2.47. The normalized spacial score (nSPS) is 24.5. The Labute approximate surface area is 187 Å². The van der Waals surface area contributed by atoms with Crippen LogP contribution in [0.3, 0.4) is 0 Å². The number of rotatable bonds is 5. The standard InChI is InChI=1S/C24H26N2O5S/c1-15(27)16-5-7-17(8-6-16)25-32(30,31)19-11-9-18(10-12-19)26-21(28)20-13-14-24(4,22(26)29)23(20,2)3/h5-12,20,25H,13-14H2,1-4H3/t20-,24+/m1/s1. The third-order valence-electron chi connectivity index (χ3n) is 7.37. The molecule has 168 valence electrons. The molecule has 2 amide bonds. The maximum absolute atomic E-state index is 13.3. The van der Waals surface area contributed by atoms with E-state index in [0.29, 0.717) is 29.8 Å². The number of anilines is 2. The fourth-order valence-electron chi connectivity index (χ4n) is 4.82. The molecule has 8 heteroatoms. The van der Waals surface area contributed by atoms with Gasteiger partial charge in [-0.05, 0) is 73.7 Å². The van der Waals surface area contributed by atoms with Crippen LogP contribution in [0.25, 0.3) is 0 Å². The van der Waals surface area contributed by atoms with Crippen molar-refractivity contribution in [3.8, 4) is 0 Å². The summed E-state index contributed by atoms with van der Waals surface area (Å²) in [4.78, 5) is 39.0. The molecule has 1 aliphatic carbocycles. The van der Waals surface area contributed by atoms with Crippen molar-refractivity contribution in [3.63, 3.8) is 0 Å². The van der Waals surface area contributed by atoms with Gasteiger partial charge in [0.1, 0.15) is 0 Å². The lowest BCUT2D eigenvalue weighted by atomic mass is 9.62. The second-order valence-corrected chi connectivity index (χ2v) is 11.0. The van der Waals surface area contributed by atoms with E-state index in [1.807, 2.05) is 20.8 Å². The first-order chi connectivity index (χ1) is 14.9. The van der Waals surface area contributed by atoms with Crippen LogP contribution in [-0.4, -0.2) is 26.0 Å². The molecule has 2 aliphatic rings. The largest absolute Gasteiger partial charge is 0.295 e. The number of fused-ring (bicyclic) bond motifs is 2. The fraction of sp³-hybridized carbons (Fsp3) is 0.375. The molecule has 1 saturated carbocycles. The van der Waals surface area contributed by atoms with E-state index >= 15 is 0 Å². The van der Waals surface area contributed by atoms with Crippen LogP contribution in [0.4, 0.5) is 11.4 Å². The van der Waals surface area contributed by atoms with E-state index in [2.05, 4.69) is 4.72 Å². The number of nitrogens with one attached hydrogen (secondary N) is 1. The highest BCUT2D eigenvalue weighted by Gasteiger charge is 2.64. The molecular weight excluding hydrogens is 428 g/mol. The fourth-order valence-corrected chi connectivity index (χ4v) is 5.88. The van der Waals surface area contributed by atoms with Crippen LogP contribution in [0, 0.1) is 16.7 Å². The monoisotopic (exact) mass is 454 g/mol. The Kier molecular flexibility index (Phi) is 5.04. The van der Waals surface area contributed by atoms with E-state index in [9.17, 15) is 22.8 Å². The molecule has 32 heavy (non-hydrogen) atoms. The summed E-state index contributed by atoms with van der Waals surface area (Å²) in [6, 6.07) is 11.9. The Balaban J connectivity index is 1.58. The molecule has 1 saturated heterocycles. The molecule has 2 bridgehead atoms. The molecule has 1 N–H and O–H groups in total. The van der Waals surface area contributed by atoms with E-state index in [1.54, 1.807) is 12.1 Å². The lowest BCUT2D eigenvalue weighted by molar-refractivity contribution is -0.146. The Hall–Kier alpha value is -3.00. The highest BCUT2D eigenvalue weighted by Crippen LogP contribution is 2.60. The first kappa shape index (κ1) is 22.2. The summed E-state index contributed by atoms with van der Waals surface area (Å²) in [5.74, 6) is -0.814. The van der Waals surface area contributed by atoms with Crippen molar-refractivity contribution >= 4 is 39.0 Å². The van der Waals surface area contributed by atoms with Gasteiger partial charge >= 0.3 is 0 Å². The summed E-state index contributed by atoms with van der Waals surface area (Å²) in [7, 11) is -3.88. The Morgan fingerprint density at radius 2 is 1.59 bits per heavy atom. The van der Waals surface area contributed by atoms with Crippen LogP contribution >= 0.6 is 0 Å². The molecule has 0 radical (unpaired) electrons. The van der Waals surface area contributed by atoms with Gasteiger partial charge in [0.05, 0.1) is 16.0 Å². The number of nitrogens with zero attached hydrogens (tertiary/aromatic N) is 1. The predicted molar refractivity (Wildman–Crippen MR) is 121 cm³/mol. The average molecular weight is 455 g/mol. The second kappa shape index (κ2) is 7.27. The van der Waals surface area contributed by atoms with Crippen LogP contribution in [-0.2, 0) is 19.6 Å². The van der Waals surface area contributed by atoms with Gasteiger partial charge in [0.2, 0.25) is 11.8 Å². The van der Waals surface area contributed by atoms with Gasteiger partial charge in [-0.2, -0.15) is 0 Å². The van der Waals surface area contributed by atoms with Crippen molar-refractivity contribution in [1.29, 1.82) is 0 Å². The molecule has 1 aliphatic heterocycles. The molecule has 0 spiro atoms. The minimum Gasteiger partial charge on any atom is -0.295 e. The van der Waals surface area contributed by atoms with Gasteiger partial charge < -0.3 is 0 Å². The number of carbonyl (C=O) groups excluding carboxylic acids is 3. The summed E-state index contributed by atoms with van der Waals surface area (Å²) in [6.07, 6.45) is 1.33. The van der Waals surface area contributed by atoms with Crippen LogP contribution in [0.1, 0.15) is 50.9 Å². The number of carbonyl (C=O) groups is 3. The van der Waals surface area contributed by atoms with Gasteiger partial charge in [-0.25, -0.2) is 13.3 Å². The molecule has 0 unspecified atom stereocenters. The number of piperidine rings is 1. The topological polar surface area (TPSA) is 101 Å². The van der Waals surface area contributed by atoms with E-state index in [4.69, 9.17) is 0 Å². The van der Waals surface area contributed by atoms with Gasteiger partial charge in [-0.3, -0.25) is 19.1 Å². The minimum absolute atomic E-state index is 0.00307. The van der Waals surface area contributed by atoms with Crippen molar-refractivity contribution in [1.82, 2.24) is 0 Å². The van der Waals surface area contributed by atoms with Crippen molar-refractivity contribution in [2.75, 3.05) is 9.62 Å². The zero-order valence-corrected chi connectivity index (χ0v) is 19.3. The lowest BCUT2D eigenvalue weighted by Crippen LogP contribution is -2.59. The SMILES string of the molecule is CC(=O)c1ccc(NS(=O)(=O)c2ccc(N3C(=O)[C@H]4CC[C@@](C)(C3=O)C4(C)C)cc2)cc1. The first-order valence-corrected chi connectivity index (χ1v) is 12.0. The predicted octanol–water partition coefficient (Wildman–Crippen LogP) is 4.01. The van der Waals surface area contributed by atoms with Crippen LogP contribution in [0.2, 0.25) is 0 Å². The van der Waals surface area contributed by atoms with Crippen molar-refractivity contribution < 1.29 is 22.8 Å². The van der Waals surface area contributed by atoms with Crippen molar-refractivity contribution in [2.45, 2.75) is 45.4 Å². The summed E-state index contributed by atoms with van der Waals surface area (Å²) in [5, 5.41) is 0. The second-order valence-electron chi connectivity index (χ2n) is 9.36. The molecule has 4 rings (SSSR count). The third kappa shape index (κ3) is 3.24. The maximum Gasteiger partial charge on any atom is 0.261 e. The highest BCUT2D eigenvalue weighted by atomic mass is 32.2. The van der Waals surface area contributed by atoms with Crippen LogP contribution < -0.4 is 9.62 Å². The number of benzene rings is 2. The molecule has 1 heterocycles. The number of sulfonamides is 1. The van der Waals surface area contributed by atoms with Gasteiger partial charge in [-0.1, -0.05) is 20.8 Å².